The van der Waals surface area contributed by atoms with Gasteiger partial charge >= 0.3 is 5.97 Å². The van der Waals surface area contributed by atoms with E-state index < -0.39 is 22.8 Å². The number of fused-ring (bicyclic) bond motifs is 2. The highest BCUT2D eigenvalue weighted by Gasteiger charge is 2.32. The van der Waals surface area contributed by atoms with E-state index in [1.54, 1.807) is 4.57 Å². The highest BCUT2D eigenvalue weighted by Crippen LogP contribution is 2.47. The number of nitrogen functional groups attached to an aromatic ring is 1. The first-order valence-corrected chi connectivity index (χ1v) is 11.0. The summed E-state index contributed by atoms with van der Waals surface area (Å²) >= 11 is 8.10. The standard InChI is InChI=1S/C21H19ClFN3O3S/c22-15-13(12-6-8-2-1-3-11(24)20(8)30-12)16(23)17(25)14-18(15)26(9-4-5-9)7-10(19(14)27)21(28)29/h6-7,9,11H,1-5,24-25H2,(H,28,29). The molecule has 1 aromatic carbocycles. The Morgan fingerprint density at radius 2 is 2.07 bits per heavy atom. The van der Waals surface area contributed by atoms with Crippen LogP contribution >= 0.6 is 22.9 Å². The molecule has 0 spiro atoms. The number of hydrogen-bond donors (Lipinski definition) is 3. The fraction of sp³-hybridized carbons (Fsp3) is 0.333. The van der Waals surface area contributed by atoms with Crippen LogP contribution < -0.4 is 16.9 Å². The minimum atomic E-state index is -1.38. The quantitative estimate of drug-likeness (QED) is 0.513. The van der Waals surface area contributed by atoms with Gasteiger partial charge in [-0.2, -0.15) is 0 Å². The number of anilines is 1. The van der Waals surface area contributed by atoms with Crippen molar-refractivity contribution in [3.05, 3.63) is 49.3 Å². The Labute approximate surface area is 179 Å². The molecule has 1 atom stereocenters. The van der Waals surface area contributed by atoms with E-state index in [1.165, 1.54) is 17.5 Å². The summed E-state index contributed by atoms with van der Waals surface area (Å²) < 4.78 is 17.1. The summed E-state index contributed by atoms with van der Waals surface area (Å²) in [4.78, 5) is 26.0. The number of carboxylic acids is 1. The number of hydrogen-bond acceptors (Lipinski definition) is 5. The Bertz CT molecular complexity index is 1300. The number of pyridine rings is 1. The Morgan fingerprint density at radius 3 is 2.70 bits per heavy atom. The van der Waals surface area contributed by atoms with E-state index in [4.69, 9.17) is 23.1 Å². The van der Waals surface area contributed by atoms with Crippen LogP contribution in [0.4, 0.5) is 10.1 Å². The molecule has 6 nitrogen and oxygen atoms in total. The van der Waals surface area contributed by atoms with E-state index in [9.17, 15) is 14.7 Å². The molecule has 0 radical (unpaired) electrons. The summed E-state index contributed by atoms with van der Waals surface area (Å²) in [5.41, 5.74) is 12.2. The summed E-state index contributed by atoms with van der Waals surface area (Å²) in [7, 11) is 0. The number of carbonyl (C=O) groups is 1. The average Bonchev–Trinajstić information content (AvgIpc) is 3.45. The fourth-order valence-corrected chi connectivity index (χ4v) is 6.02. The van der Waals surface area contributed by atoms with Crippen molar-refractivity contribution in [3.63, 3.8) is 0 Å². The maximum Gasteiger partial charge on any atom is 0.341 e. The van der Waals surface area contributed by atoms with Gasteiger partial charge < -0.3 is 21.1 Å². The van der Waals surface area contributed by atoms with E-state index in [0.717, 1.165) is 42.5 Å². The number of aryl methyl sites for hydroxylation is 1. The molecule has 2 aliphatic rings. The molecule has 5 rings (SSSR count). The van der Waals surface area contributed by atoms with Crippen LogP contribution in [-0.4, -0.2) is 15.6 Å². The van der Waals surface area contributed by atoms with Gasteiger partial charge in [0.15, 0.2) is 5.82 Å². The first-order valence-electron chi connectivity index (χ1n) is 9.76. The number of benzene rings is 1. The number of thiophene rings is 1. The van der Waals surface area contributed by atoms with Crippen molar-refractivity contribution in [3.8, 4) is 10.4 Å². The number of carboxylic acid groups (broad SMARTS) is 1. The van der Waals surface area contributed by atoms with Crippen LogP contribution in [0, 0.1) is 5.82 Å². The molecule has 1 saturated carbocycles. The number of rotatable bonds is 3. The summed E-state index contributed by atoms with van der Waals surface area (Å²) in [5.74, 6) is -2.18. The lowest BCUT2D eigenvalue weighted by atomic mass is 9.95. The second kappa shape index (κ2) is 6.80. The van der Waals surface area contributed by atoms with Gasteiger partial charge in [0.2, 0.25) is 5.43 Å². The Hall–Kier alpha value is -2.42. The molecule has 1 fully saturated rings. The maximum absolute atomic E-state index is 15.5. The van der Waals surface area contributed by atoms with Crippen molar-refractivity contribution in [2.75, 3.05) is 5.73 Å². The van der Waals surface area contributed by atoms with Gasteiger partial charge in [0.05, 0.1) is 27.2 Å². The molecule has 2 aliphatic carbocycles. The Kier molecular flexibility index (Phi) is 4.43. The van der Waals surface area contributed by atoms with Gasteiger partial charge in [-0.25, -0.2) is 9.18 Å². The van der Waals surface area contributed by atoms with Crippen LogP contribution in [0.15, 0.2) is 17.1 Å². The predicted molar refractivity (Wildman–Crippen MR) is 116 cm³/mol. The second-order valence-electron chi connectivity index (χ2n) is 7.95. The lowest BCUT2D eigenvalue weighted by molar-refractivity contribution is 0.0695. The number of nitrogens with zero attached hydrogens (tertiary/aromatic N) is 1. The van der Waals surface area contributed by atoms with Crippen LogP contribution in [0.5, 0.6) is 0 Å². The highest BCUT2D eigenvalue weighted by atomic mass is 35.5. The minimum absolute atomic E-state index is 0.00590. The van der Waals surface area contributed by atoms with Crippen molar-refractivity contribution in [1.82, 2.24) is 4.57 Å². The van der Waals surface area contributed by atoms with Gasteiger partial charge in [0.25, 0.3) is 0 Å². The molecule has 1 unspecified atom stereocenters. The van der Waals surface area contributed by atoms with Gasteiger partial charge in [0.1, 0.15) is 5.56 Å². The third kappa shape index (κ3) is 2.78. The SMILES string of the molecule is Nc1c(F)c(-c2cc3c(s2)C(N)CCC3)c(Cl)c2c1c(=O)c(C(=O)O)cn2C1CC1. The first kappa shape index (κ1) is 19.5. The smallest absolute Gasteiger partial charge is 0.341 e. The first-order chi connectivity index (χ1) is 14.3. The van der Waals surface area contributed by atoms with E-state index in [-0.39, 0.29) is 33.7 Å². The highest BCUT2D eigenvalue weighted by molar-refractivity contribution is 7.15. The predicted octanol–water partition coefficient (Wildman–Crippen LogP) is 4.47. The monoisotopic (exact) mass is 447 g/mol. The fourth-order valence-electron chi connectivity index (χ4n) is 4.29. The van der Waals surface area contributed by atoms with Gasteiger partial charge in [-0.15, -0.1) is 11.3 Å². The average molecular weight is 448 g/mol. The molecule has 2 aromatic heterocycles. The molecule has 156 valence electrons. The van der Waals surface area contributed by atoms with Gasteiger partial charge in [-0.05, 0) is 43.7 Å². The van der Waals surface area contributed by atoms with Crippen molar-refractivity contribution in [2.45, 2.75) is 44.2 Å². The van der Waals surface area contributed by atoms with Crippen molar-refractivity contribution in [1.29, 1.82) is 0 Å². The van der Waals surface area contributed by atoms with Crippen molar-refractivity contribution in [2.24, 2.45) is 5.73 Å². The van der Waals surface area contributed by atoms with Crippen molar-refractivity contribution < 1.29 is 14.3 Å². The number of halogens is 2. The summed E-state index contributed by atoms with van der Waals surface area (Å²) in [6.45, 7) is 0. The third-order valence-corrected chi connectivity index (χ3v) is 7.64. The molecular weight excluding hydrogens is 429 g/mol. The van der Waals surface area contributed by atoms with Crippen LogP contribution in [0.25, 0.3) is 21.3 Å². The van der Waals surface area contributed by atoms with Crippen LogP contribution in [0.2, 0.25) is 5.02 Å². The molecule has 9 heteroatoms. The van der Waals surface area contributed by atoms with Gasteiger partial charge in [-0.3, -0.25) is 4.79 Å². The lowest BCUT2D eigenvalue weighted by Crippen LogP contribution is -2.20. The molecule has 0 amide bonds. The van der Waals surface area contributed by atoms with Crippen molar-refractivity contribution >= 4 is 45.5 Å². The number of nitrogens with two attached hydrogens (primary N) is 2. The van der Waals surface area contributed by atoms with E-state index in [0.29, 0.717) is 10.4 Å². The molecule has 0 saturated heterocycles. The summed E-state index contributed by atoms with van der Waals surface area (Å²) in [6, 6.07) is 1.82. The zero-order chi connectivity index (χ0) is 21.3. The number of aromatic nitrogens is 1. The normalized spacial score (nSPS) is 18.6. The molecule has 5 N–H and O–H groups in total. The van der Waals surface area contributed by atoms with E-state index in [2.05, 4.69) is 0 Å². The zero-order valence-electron chi connectivity index (χ0n) is 15.9. The lowest BCUT2D eigenvalue weighted by Gasteiger charge is -2.17. The number of aromatic carboxylic acids is 1. The van der Waals surface area contributed by atoms with E-state index in [1.807, 2.05) is 6.07 Å². The maximum atomic E-state index is 15.5. The van der Waals surface area contributed by atoms with Crippen LogP contribution in [0.3, 0.4) is 0 Å². The Morgan fingerprint density at radius 1 is 1.33 bits per heavy atom. The second-order valence-corrected chi connectivity index (χ2v) is 9.42. The molecule has 3 aromatic rings. The topological polar surface area (TPSA) is 111 Å². The van der Waals surface area contributed by atoms with Gasteiger partial charge in [0, 0.05) is 28.0 Å². The molecule has 0 aliphatic heterocycles. The zero-order valence-corrected chi connectivity index (χ0v) is 17.4. The summed E-state index contributed by atoms with van der Waals surface area (Å²) in [5, 5.41) is 9.34. The third-order valence-electron chi connectivity index (χ3n) is 5.94. The van der Waals surface area contributed by atoms with Gasteiger partial charge in [-0.1, -0.05) is 11.6 Å². The molecular formula is C21H19ClFN3O3S. The minimum Gasteiger partial charge on any atom is -0.477 e. The van der Waals surface area contributed by atoms with Crippen LogP contribution in [0.1, 0.15) is 58.6 Å². The summed E-state index contributed by atoms with van der Waals surface area (Å²) in [6.07, 6.45) is 5.66. The van der Waals surface area contributed by atoms with Crippen LogP contribution in [-0.2, 0) is 6.42 Å². The molecule has 0 bridgehead atoms. The molecule has 2 heterocycles. The van der Waals surface area contributed by atoms with E-state index >= 15 is 4.39 Å². The largest absolute Gasteiger partial charge is 0.477 e. The Balaban J connectivity index is 1.86. The molecule has 30 heavy (non-hydrogen) atoms.